The quantitative estimate of drug-likeness (QED) is 0.417. The largest absolute Gasteiger partial charge is 0.492 e. The van der Waals surface area contributed by atoms with Crippen molar-refractivity contribution in [2.45, 2.75) is 25.1 Å². The minimum atomic E-state index is -4.37. The summed E-state index contributed by atoms with van der Waals surface area (Å²) in [5, 5.41) is 9.95. The third-order valence-corrected chi connectivity index (χ3v) is 5.63. The monoisotopic (exact) mass is 426 g/mol. The van der Waals surface area contributed by atoms with Crippen molar-refractivity contribution < 1.29 is 17.9 Å². The van der Waals surface area contributed by atoms with E-state index in [9.17, 15) is 13.2 Å². The molecule has 158 valence electrons. The summed E-state index contributed by atoms with van der Waals surface area (Å²) in [4.78, 5) is 6.61. The molecule has 9 heteroatoms. The molecule has 0 aliphatic carbocycles. The topological polar surface area (TPSA) is 48.9 Å². The molecular weight excluding hydrogens is 401 g/mol. The molecule has 2 N–H and O–H groups in total. The molecule has 1 aromatic carbocycles. The lowest BCUT2D eigenvalue weighted by Crippen LogP contribution is -2.49. The maximum atomic E-state index is 12.7. The Labute approximate surface area is 172 Å². The molecule has 0 saturated carbocycles. The van der Waals surface area contributed by atoms with Gasteiger partial charge in [-0.15, -0.1) is 11.3 Å². The molecule has 1 aliphatic heterocycles. The van der Waals surface area contributed by atoms with Crippen LogP contribution in [0.1, 0.15) is 18.4 Å². The van der Waals surface area contributed by atoms with E-state index in [4.69, 9.17) is 4.74 Å². The van der Waals surface area contributed by atoms with Crippen LogP contribution in [0.2, 0.25) is 0 Å². The van der Waals surface area contributed by atoms with Gasteiger partial charge in [-0.2, -0.15) is 13.2 Å². The van der Waals surface area contributed by atoms with Crippen molar-refractivity contribution >= 4 is 22.3 Å². The van der Waals surface area contributed by atoms with Gasteiger partial charge in [0.1, 0.15) is 12.4 Å². The molecule has 0 bridgehead atoms. The number of hydrogen-bond donors (Lipinski definition) is 2. The van der Waals surface area contributed by atoms with Crippen LogP contribution >= 0.6 is 11.3 Å². The van der Waals surface area contributed by atoms with E-state index >= 15 is 0 Å². The van der Waals surface area contributed by atoms with E-state index in [2.05, 4.69) is 38.0 Å². The van der Waals surface area contributed by atoms with E-state index in [-0.39, 0.29) is 12.4 Å². The van der Waals surface area contributed by atoms with Crippen LogP contribution in [0.3, 0.4) is 0 Å². The first-order valence-electron chi connectivity index (χ1n) is 9.51. The van der Waals surface area contributed by atoms with Crippen LogP contribution in [-0.2, 0) is 6.18 Å². The minimum absolute atomic E-state index is 0.200. The van der Waals surface area contributed by atoms with E-state index in [0.717, 1.165) is 38.1 Å². The standard InChI is InChI=1S/C20H25F3N4OS/c1-24-19(26-16-7-10-27(11-8-16)18-6-3-13-29-18)25-9-12-28-17-5-2-4-15(14-17)20(21,22)23/h2-6,13-14,16H,7-12H2,1H3,(H2,24,25,26). The van der Waals surface area contributed by atoms with Gasteiger partial charge in [-0.25, -0.2) is 0 Å². The van der Waals surface area contributed by atoms with Crippen LogP contribution in [0.5, 0.6) is 5.75 Å². The van der Waals surface area contributed by atoms with Gasteiger partial charge in [-0.1, -0.05) is 6.07 Å². The number of nitrogens with zero attached hydrogens (tertiary/aromatic N) is 2. The first kappa shape index (κ1) is 21.3. The minimum Gasteiger partial charge on any atom is -0.492 e. The van der Waals surface area contributed by atoms with Gasteiger partial charge >= 0.3 is 6.18 Å². The van der Waals surface area contributed by atoms with E-state index in [0.29, 0.717) is 18.5 Å². The van der Waals surface area contributed by atoms with Gasteiger partial charge in [-0.05, 0) is 48.6 Å². The fourth-order valence-electron chi connectivity index (χ4n) is 3.18. The molecule has 1 aromatic heterocycles. The molecule has 3 rings (SSSR count). The van der Waals surface area contributed by atoms with Crippen molar-refractivity contribution in [3.8, 4) is 5.75 Å². The number of ether oxygens (including phenoxy) is 1. The Balaban J connectivity index is 1.38. The molecule has 0 unspecified atom stereocenters. The molecule has 1 saturated heterocycles. The van der Waals surface area contributed by atoms with Gasteiger partial charge < -0.3 is 20.3 Å². The number of thiophene rings is 1. The normalized spacial score (nSPS) is 16.0. The zero-order valence-electron chi connectivity index (χ0n) is 16.2. The van der Waals surface area contributed by atoms with Crippen LogP contribution in [0, 0.1) is 0 Å². The number of benzene rings is 1. The van der Waals surface area contributed by atoms with Gasteiger partial charge in [0.25, 0.3) is 0 Å². The highest BCUT2D eigenvalue weighted by molar-refractivity contribution is 7.14. The van der Waals surface area contributed by atoms with E-state index in [1.165, 1.54) is 17.1 Å². The molecule has 0 amide bonds. The number of nitrogens with one attached hydrogen (secondary N) is 2. The Morgan fingerprint density at radius 2 is 2.03 bits per heavy atom. The first-order chi connectivity index (χ1) is 14.0. The average Bonchev–Trinajstić information content (AvgIpc) is 3.25. The highest BCUT2D eigenvalue weighted by atomic mass is 32.1. The Bertz CT molecular complexity index is 787. The van der Waals surface area contributed by atoms with Crippen molar-refractivity contribution in [3.63, 3.8) is 0 Å². The predicted molar refractivity (Wildman–Crippen MR) is 111 cm³/mol. The fourth-order valence-corrected chi connectivity index (χ4v) is 3.97. The lowest BCUT2D eigenvalue weighted by atomic mass is 10.1. The van der Waals surface area contributed by atoms with Gasteiger partial charge in [0.2, 0.25) is 0 Å². The van der Waals surface area contributed by atoms with Crippen molar-refractivity contribution in [1.29, 1.82) is 0 Å². The Morgan fingerprint density at radius 1 is 1.24 bits per heavy atom. The maximum Gasteiger partial charge on any atom is 0.416 e. The van der Waals surface area contributed by atoms with Crippen LogP contribution in [0.4, 0.5) is 18.2 Å². The summed E-state index contributed by atoms with van der Waals surface area (Å²) >= 11 is 1.76. The lowest BCUT2D eigenvalue weighted by Gasteiger charge is -2.33. The van der Waals surface area contributed by atoms with Crippen LogP contribution < -0.4 is 20.3 Å². The molecule has 0 radical (unpaired) electrons. The Hall–Kier alpha value is -2.42. The molecule has 5 nitrogen and oxygen atoms in total. The second kappa shape index (κ2) is 9.87. The summed E-state index contributed by atoms with van der Waals surface area (Å²) in [5.41, 5.74) is -0.714. The third-order valence-electron chi connectivity index (χ3n) is 4.70. The number of alkyl halides is 3. The SMILES string of the molecule is CN=C(NCCOc1cccc(C(F)(F)F)c1)NC1CCN(c2cccs2)CC1. The van der Waals surface area contributed by atoms with Crippen molar-refractivity contribution in [3.05, 3.63) is 47.3 Å². The molecule has 1 aliphatic rings. The van der Waals surface area contributed by atoms with Crippen LogP contribution in [-0.4, -0.2) is 45.3 Å². The number of aliphatic imine (C=N–C) groups is 1. The smallest absolute Gasteiger partial charge is 0.416 e. The number of guanidine groups is 1. The van der Waals surface area contributed by atoms with E-state index < -0.39 is 11.7 Å². The van der Waals surface area contributed by atoms with Crippen molar-refractivity contribution in [2.75, 3.05) is 38.2 Å². The highest BCUT2D eigenvalue weighted by Crippen LogP contribution is 2.31. The number of hydrogen-bond acceptors (Lipinski definition) is 4. The lowest BCUT2D eigenvalue weighted by molar-refractivity contribution is -0.137. The number of halogens is 3. The van der Waals surface area contributed by atoms with Crippen molar-refractivity contribution in [1.82, 2.24) is 10.6 Å². The fraction of sp³-hybridized carbons (Fsp3) is 0.450. The third kappa shape index (κ3) is 6.28. The summed E-state index contributed by atoms with van der Waals surface area (Å²) in [6.07, 6.45) is -2.35. The molecule has 0 spiro atoms. The summed E-state index contributed by atoms with van der Waals surface area (Å²) in [6, 6.07) is 9.44. The summed E-state index contributed by atoms with van der Waals surface area (Å²) in [5.74, 6) is 0.873. The van der Waals surface area contributed by atoms with Gasteiger partial charge in [0.15, 0.2) is 5.96 Å². The Kier molecular flexibility index (Phi) is 7.24. The second-order valence-electron chi connectivity index (χ2n) is 6.73. The van der Waals surface area contributed by atoms with Crippen LogP contribution in [0.15, 0.2) is 46.8 Å². The molecule has 0 atom stereocenters. The zero-order chi connectivity index (χ0) is 20.7. The molecule has 2 heterocycles. The average molecular weight is 427 g/mol. The molecule has 1 fully saturated rings. The number of anilines is 1. The summed E-state index contributed by atoms with van der Waals surface area (Å²) in [6.45, 7) is 2.66. The summed E-state index contributed by atoms with van der Waals surface area (Å²) < 4.78 is 43.7. The molecule has 2 aromatic rings. The van der Waals surface area contributed by atoms with Crippen molar-refractivity contribution in [2.24, 2.45) is 4.99 Å². The second-order valence-corrected chi connectivity index (χ2v) is 7.66. The maximum absolute atomic E-state index is 12.7. The zero-order valence-corrected chi connectivity index (χ0v) is 17.0. The molecular formula is C20H25F3N4OS. The predicted octanol–water partition coefficient (Wildman–Crippen LogP) is 3.98. The van der Waals surface area contributed by atoms with Crippen LogP contribution in [0.25, 0.3) is 0 Å². The van der Waals surface area contributed by atoms with Gasteiger partial charge in [0, 0.05) is 26.2 Å². The highest BCUT2D eigenvalue weighted by Gasteiger charge is 2.30. The Morgan fingerprint density at radius 3 is 2.69 bits per heavy atom. The number of piperidine rings is 1. The molecule has 29 heavy (non-hydrogen) atoms. The first-order valence-corrected chi connectivity index (χ1v) is 10.4. The van der Waals surface area contributed by atoms with Gasteiger partial charge in [-0.3, -0.25) is 4.99 Å². The summed E-state index contributed by atoms with van der Waals surface area (Å²) in [7, 11) is 1.70. The number of rotatable bonds is 6. The van der Waals surface area contributed by atoms with Gasteiger partial charge in [0.05, 0.1) is 17.1 Å². The van der Waals surface area contributed by atoms with E-state index in [1.54, 1.807) is 18.4 Å². The van der Waals surface area contributed by atoms with E-state index in [1.807, 2.05) is 0 Å².